The zero-order chi connectivity index (χ0) is 24.9. The van der Waals surface area contributed by atoms with E-state index in [1.54, 1.807) is 0 Å². The highest BCUT2D eigenvalue weighted by atomic mass is 79.9. The van der Waals surface area contributed by atoms with Crippen LogP contribution >= 0.6 is 31.9 Å². The summed E-state index contributed by atoms with van der Waals surface area (Å²) >= 11 is 7.18. The van der Waals surface area contributed by atoms with E-state index in [1.165, 1.54) is 22.3 Å². The predicted molar refractivity (Wildman–Crippen MR) is 153 cm³/mol. The lowest BCUT2D eigenvalue weighted by molar-refractivity contribution is 1.29. The molecule has 0 amide bonds. The molecule has 4 aromatic carbocycles. The summed E-state index contributed by atoms with van der Waals surface area (Å²) < 4.78 is 1.82. The number of benzene rings is 4. The largest absolute Gasteiger partial charge is 0.242 e. The summed E-state index contributed by atoms with van der Waals surface area (Å²) in [6, 6.07) is 12.2. The van der Waals surface area contributed by atoms with Gasteiger partial charge in [-0.2, -0.15) is 0 Å². The topological polar surface area (TPSA) is 77.3 Å². The molecule has 3 aromatic heterocycles. The van der Waals surface area contributed by atoms with Gasteiger partial charge in [-0.3, -0.25) is 0 Å². The van der Waals surface area contributed by atoms with Crippen molar-refractivity contribution in [2.75, 3.05) is 0 Å². The molecule has 6 nitrogen and oxygen atoms in total. The smallest absolute Gasteiger partial charge is 0.120 e. The van der Waals surface area contributed by atoms with Crippen LogP contribution in [0.2, 0.25) is 0 Å². The molecule has 0 atom stereocenters. The van der Waals surface area contributed by atoms with Crippen molar-refractivity contribution in [1.82, 2.24) is 29.9 Å². The summed E-state index contributed by atoms with van der Waals surface area (Å²) in [5, 5.41) is 0. The zero-order valence-electron chi connectivity index (χ0n) is 19.9. The van der Waals surface area contributed by atoms with Crippen LogP contribution < -0.4 is 0 Å². The lowest BCUT2D eigenvalue weighted by atomic mass is 10.1. The molecular formula is C28H18Br2N6. The highest BCUT2D eigenvalue weighted by molar-refractivity contribution is 9.13. The second kappa shape index (κ2) is 7.57. The van der Waals surface area contributed by atoms with Gasteiger partial charge in [0, 0.05) is 8.95 Å². The molecule has 0 saturated carbocycles. The molecule has 0 unspecified atom stereocenters. The van der Waals surface area contributed by atoms with Gasteiger partial charge >= 0.3 is 0 Å². The van der Waals surface area contributed by atoms with Crippen molar-refractivity contribution >= 4 is 98.1 Å². The molecule has 0 N–H and O–H groups in total. The van der Waals surface area contributed by atoms with Crippen LogP contribution in [0, 0.1) is 27.7 Å². The van der Waals surface area contributed by atoms with Crippen LogP contribution in [0.3, 0.4) is 0 Å². The molecule has 7 rings (SSSR count). The molecule has 0 spiro atoms. The normalized spacial score (nSPS) is 12.2. The number of fused-ring (bicyclic) bond motifs is 9. The molecule has 0 saturated heterocycles. The Bertz CT molecular complexity index is 1700. The number of aryl methyl sites for hydroxylation is 4. The van der Waals surface area contributed by atoms with Gasteiger partial charge in [0.15, 0.2) is 0 Å². The molecule has 7 aromatic rings. The SMILES string of the molecule is Cc1cc2nc3c4nc5cc(C)c(C)cc5nc4c4nc5cc(Br)c(Br)cc5nc4c3nc2cc1C. The molecule has 0 fully saturated rings. The van der Waals surface area contributed by atoms with E-state index in [1.807, 2.05) is 12.1 Å². The fraction of sp³-hybridized carbons (Fsp3) is 0.143. The second-order valence-corrected chi connectivity index (χ2v) is 11.1. The first kappa shape index (κ1) is 21.9. The number of halogens is 2. The van der Waals surface area contributed by atoms with Gasteiger partial charge in [0.1, 0.15) is 33.1 Å². The van der Waals surface area contributed by atoms with Crippen LogP contribution in [0.4, 0.5) is 0 Å². The second-order valence-electron chi connectivity index (χ2n) is 9.37. The number of hydrogen-bond donors (Lipinski definition) is 0. The van der Waals surface area contributed by atoms with Crippen LogP contribution in [0.5, 0.6) is 0 Å². The molecule has 174 valence electrons. The fourth-order valence-corrected chi connectivity index (χ4v) is 5.33. The third kappa shape index (κ3) is 3.14. The van der Waals surface area contributed by atoms with Gasteiger partial charge in [-0.1, -0.05) is 0 Å². The minimum Gasteiger partial charge on any atom is -0.242 e. The van der Waals surface area contributed by atoms with Crippen molar-refractivity contribution in [3.05, 3.63) is 67.6 Å². The quantitative estimate of drug-likeness (QED) is 0.131. The Labute approximate surface area is 222 Å². The predicted octanol–water partition coefficient (Wildman–Crippen LogP) is 7.73. The maximum Gasteiger partial charge on any atom is 0.120 e. The Morgan fingerprint density at radius 1 is 0.361 bits per heavy atom. The van der Waals surface area contributed by atoms with Gasteiger partial charge in [0.25, 0.3) is 0 Å². The summed E-state index contributed by atoms with van der Waals surface area (Å²) in [4.78, 5) is 30.3. The summed E-state index contributed by atoms with van der Waals surface area (Å²) in [5.41, 5.74) is 13.6. The Hall–Kier alpha value is -3.36. The molecule has 0 aliphatic heterocycles. The summed E-state index contributed by atoms with van der Waals surface area (Å²) in [6.45, 7) is 8.35. The number of aromatic nitrogens is 6. The van der Waals surface area contributed by atoms with Gasteiger partial charge in [-0.25, -0.2) is 29.9 Å². The number of hydrogen-bond acceptors (Lipinski definition) is 6. The molecule has 0 aliphatic carbocycles. The van der Waals surface area contributed by atoms with Crippen molar-refractivity contribution in [3.63, 3.8) is 0 Å². The van der Waals surface area contributed by atoms with Crippen LogP contribution in [0.25, 0.3) is 66.2 Å². The van der Waals surface area contributed by atoms with Gasteiger partial charge in [-0.15, -0.1) is 0 Å². The van der Waals surface area contributed by atoms with E-state index in [4.69, 9.17) is 29.9 Å². The molecule has 0 radical (unpaired) electrons. The molecule has 3 heterocycles. The van der Waals surface area contributed by atoms with E-state index in [2.05, 4.69) is 83.8 Å². The number of rotatable bonds is 0. The Morgan fingerprint density at radius 3 is 0.778 bits per heavy atom. The standard InChI is InChI=1S/C28H18Br2N6/c1-11-5-17-19(7-13(11)3)33-25-23(31-17)24-26(34-20-8-14(4)12(2)6-18(20)32-24)28-27(25)35-21-9-15(29)16(30)10-22(21)36-28/h5-10H,1-4H3. The van der Waals surface area contributed by atoms with Crippen molar-refractivity contribution in [2.24, 2.45) is 0 Å². The summed E-state index contributed by atoms with van der Waals surface area (Å²) in [7, 11) is 0. The van der Waals surface area contributed by atoms with Crippen molar-refractivity contribution in [1.29, 1.82) is 0 Å². The molecule has 0 bridgehead atoms. The van der Waals surface area contributed by atoms with E-state index in [9.17, 15) is 0 Å². The third-order valence-corrected chi connectivity index (χ3v) is 8.78. The van der Waals surface area contributed by atoms with E-state index >= 15 is 0 Å². The van der Waals surface area contributed by atoms with E-state index < -0.39 is 0 Å². The van der Waals surface area contributed by atoms with E-state index in [-0.39, 0.29) is 0 Å². The van der Waals surface area contributed by atoms with E-state index in [0.717, 1.165) is 42.0 Å². The van der Waals surface area contributed by atoms with Crippen molar-refractivity contribution < 1.29 is 0 Å². The average molecular weight is 598 g/mol. The Balaban J connectivity index is 1.76. The summed E-state index contributed by atoms with van der Waals surface area (Å²) in [6.07, 6.45) is 0. The first-order valence-electron chi connectivity index (χ1n) is 11.5. The van der Waals surface area contributed by atoms with Crippen LogP contribution in [0.1, 0.15) is 22.3 Å². The average Bonchev–Trinajstić information content (AvgIpc) is 2.84. The maximum absolute atomic E-state index is 5.07. The lowest BCUT2D eigenvalue weighted by Crippen LogP contribution is -2.00. The first-order chi connectivity index (χ1) is 17.3. The Kier molecular flexibility index (Phi) is 4.60. The third-order valence-electron chi connectivity index (χ3n) is 6.94. The summed E-state index contributed by atoms with van der Waals surface area (Å²) in [5.74, 6) is 0. The monoisotopic (exact) mass is 596 g/mol. The van der Waals surface area contributed by atoms with Crippen molar-refractivity contribution in [2.45, 2.75) is 27.7 Å². The number of nitrogens with zero attached hydrogens (tertiary/aromatic N) is 6. The van der Waals surface area contributed by atoms with Gasteiger partial charge in [0.05, 0.1) is 33.1 Å². The molecule has 0 aliphatic rings. The first-order valence-corrected chi connectivity index (χ1v) is 13.1. The van der Waals surface area contributed by atoms with E-state index in [0.29, 0.717) is 33.1 Å². The fourth-order valence-electron chi connectivity index (χ4n) is 4.67. The zero-order valence-corrected chi connectivity index (χ0v) is 23.1. The van der Waals surface area contributed by atoms with Crippen LogP contribution in [-0.4, -0.2) is 29.9 Å². The minimum absolute atomic E-state index is 0.671. The highest BCUT2D eigenvalue weighted by Gasteiger charge is 2.19. The van der Waals surface area contributed by atoms with Gasteiger partial charge in [-0.05, 0) is 118 Å². The highest BCUT2D eigenvalue weighted by Crippen LogP contribution is 2.35. The maximum atomic E-state index is 5.07. The van der Waals surface area contributed by atoms with Gasteiger partial charge < -0.3 is 0 Å². The molecule has 8 heteroatoms. The van der Waals surface area contributed by atoms with Crippen LogP contribution in [0.15, 0.2) is 45.3 Å². The lowest BCUT2D eigenvalue weighted by Gasteiger charge is -2.12. The van der Waals surface area contributed by atoms with Crippen LogP contribution in [-0.2, 0) is 0 Å². The molecular weight excluding hydrogens is 580 g/mol. The minimum atomic E-state index is 0.671. The van der Waals surface area contributed by atoms with Gasteiger partial charge in [0.2, 0.25) is 0 Å². The van der Waals surface area contributed by atoms with Crippen molar-refractivity contribution in [3.8, 4) is 0 Å². The Morgan fingerprint density at radius 2 is 0.556 bits per heavy atom. The molecule has 36 heavy (non-hydrogen) atoms.